The second-order valence-electron chi connectivity index (χ2n) is 4.45. The van der Waals surface area contributed by atoms with Crippen LogP contribution in [-0.4, -0.2) is 23.3 Å². The van der Waals surface area contributed by atoms with E-state index in [1.807, 2.05) is 0 Å². The molecule has 2 aromatic rings. The van der Waals surface area contributed by atoms with Gasteiger partial charge in [-0.1, -0.05) is 6.07 Å². The number of methoxy groups -OCH3 is 1. The zero-order chi connectivity index (χ0) is 12.4. The SMILES string of the molecule is COCCC(C)n1c(=S)[nH]c2cc(C)ccc21. The minimum Gasteiger partial charge on any atom is -0.385 e. The predicted octanol–water partition coefficient (Wildman–Crippen LogP) is 3.60. The average Bonchev–Trinajstić information content (AvgIpc) is 2.61. The Bertz CT molecular complexity index is 570. The Morgan fingerprint density at radius 2 is 2.24 bits per heavy atom. The van der Waals surface area contributed by atoms with Crippen LogP contribution in [0, 0.1) is 11.7 Å². The zero-order valence-corrected chi connectivity index (χ0v) is 11.3. The summed E-state index contributed by atoms with van der Waals surface area (Å²) in [5.41, 5.74) is 3.52. The van der Waals surface area contributed by atoms with Gasteiger partial charge in [0, 0.05) is 19.8 Å². The molecule has 0 saturated carbocycles. The highest BCUT2D eigenvalue weighted by Gasteiger charge is 2.10. The molecule has 0 aliphatic rings. The normalized spacial score (nSPS) is 13.1. The molecular weight excluding hydrogens is 232 g/mol. The largest absolute Gasteiger partial charge is 0.385 e. The van der Waals surface area contributed by atoms with Crippen LogP contribution >= 0.6 is 12.2 Å². The number of aryl methyl sites for hydroxylation is 1. The molecule has 0 bridgehead atoms. The van der Waals surface area contributed by atoms with Crippen LogP contribution < -0.4 is 0 Å². The molecule has 1 atom stereocenters. The van der Waals surface area contributed by atoms with Crippen LogP contribution in [-0.2, 0) is 4.74 Å². The van der Waals surface area contributed by atoms with Crippen LogP contribution in [0.15, 0.2) is 18.2 Å². The Kier molecular flexibility index (Phi) is 3.64. The minimum absolute atomic E-state index is 0.346. The van der Waals surface area contributed by atoms with Crippen molar-refractivity contribution in [2.24, 2.45) is 0 Å². The third-order valence-electron chi connectivity index (χ3n) is 3.05. The maximum atomic E-state index is 5.39. The van der Waals surface area contributed by atoms with Crippen molar-refractivity contribution in [3.05, 3.63) is 28.5 Å². The molecule has 92 valence electrons. The number of hydrogen-bond acceptors (Lipinski definition) is 2. The molecule has 1 aromatic carbocycles. The molecule has 17 heavy (non-hydrogen) atoms. The number of benzene rings is 1. The Morgan fingerprint density at radius 3 is 2.94 bits per heavy atom. The first kappa shape index (κ1) is 12.3. The molecule has 0 aliphatic carbocycles. The van der Waals surface area contributed by atoms with E-state index in [1.165, 1.54) is 11.1 Å². The van der Waals surface area contributed by atoms with Crippen LogP contribution in [0.1, 0.15) is 24.9 Å². The van der Waals surface area contributed by atoms with Crippen molar-refractivity contribution in [2.75, 3.05) is 13.7 Å². The maximum Gasteiger partial charge on any atom is 0.178 e. The fourth-order valence-corrected chi connectivity index (χ4v) is 2.49. The van der Waals surface area contributed by atoms with E-state index in [0.717, 1.165) is 23.3 Å². The van der Waals surface area contributed by atoms with Crippen molar-refractivity contribution >= 4 is 23.3 Å². The standard InChI is InChI=1S/C13H18N2OS/c1-9-4-5-12-11(8-9)14-13(17)15(12)10(2)6-7-16-3/h4-5,8,10H,6-7H2,1-3H3,(H,14,17). The molecule has 0 aliphatic heterocycles. The second-order valence-corrected chi connectivity index (χ2v) is 4.84. The predicted molar refractivity (Wildman–Crippen MR) is 73.1 cm³/mol. The number of rotatable bonds is 4. The third kappa shape index (κ3) is 2.42. The van der Waals surface area contributed by atoms with Gasteiger partial charge in [0.25, 0.3) is 0 Å². The Hall–Kier alpha value is -1.13. The summed E-state index contributed by atoms with van der Waals surface area (Å²) in [5.74, 6) is 0. The van der Waals surface area contributed by atoms with Crippen molar-refractivity contribution < 1.29 is 4.74 Å². The Labute approximate surface area is 106 Å². The maximum absolute atomic E-state index is 5.39. The van der Waals surface area contributed by atoms with Crippen LogP contribution in [0.25, 0.3) is 11.0 Å². The molecular formula is C13H18N2OS. The summed E-state index contributed by atoms with van der Waals surface area (Å²) in [4.78, 5) is 3.26. The zero-order valence-electron chi connectivity index (χ0n) is 10.5. The van der Waals surface area contributed by atoms with Crippen molar-refractivity contribution in [1.82, 2.24) is 9.55 Å². The molecule has 1 unspecified atom stereocenters. The molecule has 1 aromatic heterocycles. The number of H-pyrrole nitrogens is 1. The summed E-state index contributed by atoms with van der Waals surface area (Å²) >= 11 is 5.39. The van der Waals surface area contributed by atoms with Gasteiger partial charge in [0.1, 0.15) is 0 Å². The van der Waals surface area contributed by atoms with E-state index in [-0.39, 0.29) is 0 Å². The van der Waals surface area contributed by atoms with Gasteiger partial charge in [-0.3, -0.25) is 0 Å². The number of fused-ring (bicyclic) bond motifs is 1. The van der Waals surface area contributed by atoms with Gasteiger partial charge in [0.05, 0.1) is 11.0 Å². The van der Waals surface area contributed by atoms with E-state index in [0.29, 0.717) is 6.04 Å². The lowest BCUT2D eigenvalue weighted by Crippen LogP contribution is -2.07. The van der Waals surface area contributed by atoms with Crippen molar-refractivity contribution in [3.63, 3.8) is 0 Å². The van der Waals surface area contributed by atoms with E-state index in [4.69, 9.17) is 17.0 Å². The summed E-state index contributed by atoms with van der Waals surface area (Å²) in [6.45, 7) is 5.01. The molecule has 0 radical (unpaired) electrons. The van der Waals surface area contributed by atoms with Crippen molar-refractivity contribution in [2.45, 2.75) is 26.3 Å². The van der Waals surface area contributed by atoms with E-state index < -0.39 is 0 Å². The molecule has 2 rings (SSSR count). The van der Waals surface area contributed by atoms with Gasteiger partial charge in [-0.05, 0) is 50.2 Å². The van der Waals surface area contributed by atoms with Gasteiger partial charge in [-0.25, -0.2) is 0 Å². The fourth-order valence-electron chi connectivity index (χ4n) is 2.10. The number of nitrogens with one attached hydrogen (secondary N) is 1. The van der Waals surface area contributed by atoms with Gasteiger partial charge >= 0.3 is 0 Å². The van der Waals surface area contributed by atoms with E-state index >= 15 is 0 Å². The van der Waals surface area contributed by atoms with E-state index in [9.17, 15) is 0 Å². The number of ether oxygens (including phenoxy) is 1. The van der Waals surface area contributed by atoms with Gasteiger partial charge < -0.3 is 14.3 Å². The highest BCUT2D eigenvalue weighted by molar-refractivity contribution is 7.71. The van der Waals surface area contributed by atoms with Gasteiger partial charge in [-0.2, -0.15) is 0 Å². The molecule has 0 amide bonds. The molecule has 1 heterocycles. The fraction of sp³-hybridized carbons (Fsp3) is 0.462. The highest BCUT2D eigenvalue weighted by Crippen LogP contribution is 2.21. The average molecular weight is 250 g/mol. The number of hydrogen-bond donors (Lipinski definition) is 1. The van der Waals surface area contributed by atoms with Crippen LogP contribution in [0.3, 0.4) is 0 Å². The lowest BCUT2D eigenvalue weighted by atomic mass is 10.2. The summed E-state index contributed by atoms with van der Waals surface area (Å²) in [7, 11) is 1.73. The smallest absolute Gasteiger partial charge is 0.178 e. The first-order valence-electron chi connectivity index (χ1n) is 5.83. The lowest BCUT2D eigenvalue weighted by Gasteiger charge is -2.14. The molecule has 1 N–H and O–H groups in total. The summed E-state index contributed by atoms with van der Waals surface area (Å²) < 4.78 is 8.08. The Morgan fingerprint density at radius 1 is 1.47 bits per heavy atom. The summed E-state index contributed by atoms with van der Waals surface area (Å²) in [6, 6.07) is 6.72. The van der Waals surface area contributed by atoms with Crippen LogP contribution in [0.4, 0.5) is 0 Å². The lowest BCUT2D eigenvalue weighted by molar-refractivity contribution is 0.181. The molecule has 0 fully saturated rings. The van der Waals surface area contributed by atoms with Gasteiger partial charge in [0.2, 0.25) is 0 Å². The van der Waals surface area contributed by atoms with Crippen LogP contribution in [0.2, 0.25) is 0 Å². The van der Waals surface area contributed by atoms with E-state index in [2.05, 4.69) is 41.6 Å². The third-order valence-corrected chi connectivity index (χ3v) is 3.35. The van der Waals surface area contributed by atoms with Crippen LogP contribution in [0.5, 0.6) is 0 Å². The van der Waals surface area contributed by atoms with Crippen molar-refractivity contribution in [3.8, 4) is 0 Å². The first-order chi connectivity index (χ1) is 8.13. The molecule has 3 nitrogen and oxygen atoms in total. The quantitative estimate of drug-likeness (QED) is 0.840. The molecule has 0 saturated heterocycles. The number of aromatic amines is 1. The molecule has 0 spiro atoms. The Balaban J connectivity index is 2.46. The van der Waals surface area contributed by atoms with E-state index in [1.54, 1.807) is 7.11 Å². The van der Waals surface area contributed by atoms with Crippen molar-refractivity contribution in [1.29, 1.82) is 0 Å². The molecule has 4 heteroatoms. The topological polar surface area (TPSA) is 29.9 Å². The van der Waals surface area contributed by atoms with Gasteiger partial charge in [0.15, 0.2) is 4.77 Å². The second kappa shape index (κ2) is 5.02. The minimum atomic E-state index is 0.346. The van der Waals surface area contributed by atoms with Gasteiger partial charge in [-0.15, -0.1) is 0 Å². The number of aromatic nitrogens is 2. The monoisotopic (exact) mass is 250 g/mol. The summed E-state index contributed by atoms with van der Waals surface area (Å²) in [6.07, 6.45) is 0.964. The number of nitrogens with zero attached hydrogens (tertiary/aromatic N) is 1. The highest BCUT2D eigenvalue weighted by atomic mass is 32.1. The number of imidazole rings is 1. The first-order valence-corrected chi connectivity index (χ1v) is 6.24. The summed E-state index contributed by atoms with van der Waals surface area (Å²) in [5, 5.41) is 0.